The van der Waals surface area contributed by atoms with E-state index in [9.17, 15) is 4.79 Å². The summed E-state index contributed by atoms with van der Waals surface area (Å²) in [6.45, 7) is 5.32. The molecule has 0 aliphatic rings. The van der Waals surface area contributed by atoms with Crippen LogP contribution in [0.4, 0.5) is 5.69 Å². The Balaban J connectivity index is 1.55. The van der Waals surface area contributed by atoms with Crippen LogP contribution in [0.25, 0.3) is 0 Å². The van der Waals surface area contributed by atoms with E-state index in [4.69, 9.17) is 0 Å². The van der Waals surface area contributed by atoms with Crippen molar-refractivity contribution >= 4 is 11.6 Å². The Kier molecular flexibility index (Phi) is 4.74. The fraction of sp³-hybridized carbons (Fsp3) is 0.278. The third-order valence-electron chi connectivity index (χ3n) is 3.99. The van der Waals surface area contributed by atoms with Gasteiger partial charge in [-0.2, -0.15) is 10.2 Å². The van der Waals surface area contributed by atoms with E-state index in [1.54, 1.807) is 12.4 Å². The lowest BCUT2D eigenvalue weighted by Gasteiger charge is -2.06. The molecule has 124 valence electrons. The molecule has 2 aromatic heterocycles. The minimum absolute atomic E-state index is 0.0414. The number of aryl methyl sites for hydroxylation is 3. The molecule has 0 unspecified atom stereocenters. The highest BCUT2D eigenvalue weighted by Gasteiger charge is 2.07. The molecule has 1 N–H and O–H groups in total. The molecule has 0 atom stereocenters. The first-order valence-electron chi connectivity index (χ1n) is 7.97. The molecule has 3 aromatic rings. The number of anilines is 1. The van der Waals surface area contributed by atoms with Gasteiger partial charge in [0.15, 0.2) is 0 Å². The summed E-state index contributed by atoms with van der Waals surface area (Å²) in [6, 6.07) is 10.1. The number of nitrogens with zero attached hydrogens (tertiary/aromatic N) is 4. The van der Waals surface area contributed by atoms with Crippen LogP contribution < -0.4 is 5.32 Å². The Morgan fingerprint density at radius 3 is 2.75 bits per heavy atom. The quantitative estimate of drug-likeness (QED) is 0.758. The highest BCUT2D eigenvalue weighted by molar-refractivity contribution is 5.90. The number of nitrogens with one attached hydrogen (secondary N) is 1. The summed E-state index contributed by atoms with van der Waals surface area (Å²) in [6.07, 6.45) is 5.65. The van der Waals surface area contributed by atoms with E-state index in [1.807, 2.05) is 40.7 Å². The van der Waals surface area contributed by atoms with Gasteiger partial charge in [-0.25, -0.2) is 0 Å². The van der Waals surface area contributed by atoms with Crippen molar-refractivity contribution in [2.24, 2.45) is 0 Å². The Labute approximate surface area is 141 Å². The zero-order valence-electron chi connectivity index (χ0n) is 13.9. The maximum absolute atomic E-state index is 12.1. The average molecular weight is 323 g/mol. The first-order chi connectivity index (χ1) is 11.6. The summed E-state index contributed by atoms with van der Waals surface area (Å²) in [7, 11) is 0. The maximum Gasteiger partial charge on any atom is 0.226 e. The van der Waals surface area contributed by atoms with Crippen LogP contribution in [0.1, 0.15) is 23.2 Å². The monoisotopic (exact) mass is 323 g/mol. The SMILES string of the molecule is Cc1ccccc1Cn1cc(NC(=O)CCn2nccc2C)cn1. The van der Waals surface area contributed by atoms with Crippen molar-refractivity contribution in [3.05, 3.63) is 65.7 Å². The normalized spacial score (nSPS) is 10.8. The zero-order chi connectivity index (χ0) is 16.9. The van der Waals surface area contributed by atoms with Gasteiger partial charge < -0.3 is 5.32 Å². The predicted octanol–water partition coefficient (Wildman–Crippen LogP) is 2.77. The summed E-state index contributed by atoms with van der Waals surface area (Å²) < 4.78 is 3.65. The number of aromatic nitrogens is 4. The molecule has 6 nitrogen and oxygen atoms in total. The molecule has 0 aliphatic heterocycles. The van der Waals surface area contributed by atoms with Gasteiger partial charge in [0.1, 0.15) is 0 Å². The Morgan fingerprint density at radius 1 is 1.17 bits per heavy atom. The van der Waals surface area contributed by atoms with Crippen molar-refractivity contribution in [3.63, 3.8) is 0 Å². The van der Waals surface area contributed by atoms with Crippen LogP contribution in [0.15, 0.2) is 48.9 Å². The lowest BCUT2D eigenvalue weighted by Crippen LogP contribution is -2.15. The van der Waals surface area contributed by atoms with Crippen molar-refractivity contribution < 1.29 is 4.79 Å². The second-order valence-electron chi connectivity index (χ2n) is 5.85. The molecule has 0 saturated heterocycles. The van der Waals surface area contributed by atoms with E-state index in [0.29, 0.717) is 25.2 Å². The highest BCUT2D eigenvalue weighted by Crippen LogP contribution is 2.11. The van der Waals surface area contributed by atoms with Crippen LogP contribution in [-0.4, -0.2) is 25.5 Å². The third kappa shape index (κ3) is 3.90. The topological polar surface area (TPSA) is 64.7 Å². The highest BCUT2D eigenvalue weighted by atomic mass is 16.1. The molecule has 0 spiro atoms. The van der Waals surface area contributed by atoms with E-state index in [-0.39, 0.29) is 5.91 Å². The van der Waals surface area contributed by atoms with Crippen LogP contribution >= 0.6 is 0 Å². The third-order valence-corrected chi connectivity index (χ3v) is 3.99. The van der Waals surface area contributed by atoms with Crippen molar-refractivity contribution in [1.82, 2.24) is 19.6 Å². The first kappa shape index (κ1) is 16.0. The van der Waals surface area contributed by atoms with Gasteiger partial charge in [0.25, 0.3) is 0 Å². The number of amides is 1. The molecule has 3 rings (SSSR count). The molecule has 6 heteroatoms. The number of carbonyl (C=O) groups is 1. The standard InChI is InChI=1S/C18H21N5O/c1-14-5-3-4-6-16(14)12-22-13-17(11-20-22)21-18(24)8-10-23-15(2)7-9-19-23/h3-7,9,11,13H,8,10,12H2,1-2H3,(H,21,24). The number of carbonyl (C=O) groups excluding carboxylic acids is 1. The second-order valence-corrected chi connectivity index (χ2v) is 5.85. The van der Waals surface area contributed by atoms with Crippen molar-refractivity contribution in [2.75, 3.05) is 5.32 Å². The van der Waals surface area contributed by atoms with Gasteiger partial charge in [-0.05, 0) is 31.0 Å². The van der Waals surface area contributed by atoms with Crippen LogP contribution in [0.2, 0.25) is 0 Å². The van der Waals surface area contributed by atoms with E-state index in [1.165, 1.54) is 11.1 Å². The lowest BCUT2D eigenvalue weighted by molar-refractivity contribution is -0.116. The molecule has 24 heavy (non-hydrogen) atoms. The summed E-state index contributed by atoms with van der Waals surface area (Å²) in [5, 5.41) is 11.4. The fourth-order valence-corrected chi connectivity index (χ4v) is 2.54. The van der Waals surface area contributed by atoms with Gasteiger partial charge in [-0.15, -0.1) is 0 Å². The summed E-state index contributed by atoms with van der Waals surface area (Å²) in [4.78, 5) is 12.1. The molecular formula is C18H21N5O. The van der Waals surface area contributed by atoms with Crippen LogP contribution in [0, 0.1) is 13.8 Å². The first-order valence-corrected chi connectivity index (χ1v) is 7.97. The van der Waals surface area contributed by atoms with Gasteiger partial charge in [-0.1, -0.05) is 24.3 Å². The van der Waals surface area contributed by atoms with Crippen molar-refractivity contribution in [1.29, 1.82) is 0 Å². The molecule has 0 aliphatic carbocycles. The molecule has 0 saturated carbocycles. The Morgan fingerprint density at radius 2 is 2.00 bits per heavy atom. The minimum atomic E-state index is -0.0414. The smallest absolute Gasteiger partial charge is 0.226 e. The van der Waals surface area contributed by atoms with Gasteiger partial charge >= 0.3 is 0 Å². The minimum Gasteiger partial charge on any atom is -0.323 e. The molecule has 1 aromatic carbocycles. The molecular weight excluding hydrogens is 302 g/mol. The molecule has 2 heterocycles. The average Bonchev–Trinajstić information content (AvgIpc) is 3.17. The summed E-state index contributed by atoms with van der Waals surface area (Å²) >= 11 is 0. The molecule has 1 amide bonds. The summed E-state index contributed by atoms with van der Waals surface area (Å²) in [5.74, 6) is -0.0414. The molecule has 0 bridgehead atoms. The number of benzene rings is 1. The largest absolute Gasteiger partial charge is 0.323 e. The number of hydrogen-bond acceptors (Lipinski definition) is 3. The summed E-state index contributed by atoms with van der Waals surface area (Å²) in [5.41, 5.74) is 4.21. The van der Waals surface area contributed by atoms with Crippen LogP contribution in [-0.2, 0) is 17.9 Å². The van der Waals surface area contributed by atoms with Crippen LogP contribution in [0.5, 0.6) is 0 Å². The number of hydrogen-bond donors (Lipinski definition) is 1. The van der Waals surface area contributed by atoms with E-state index < -0.39 is 0 Å². The Hall–Kier alpha value is -2.89. The van der Waals surface area contributed by atoms with E-state index in [2.05, 4.69) is 34.6 Å². The zero-order valence-corrected chi connectivity index (χ0v) is 13.9. The van der Waals surface area contributed by atoms with Gasteiger partial charge in [0.2, 0.25) is 5.91 Å². The van der Waals surface area contributed by atoms with Crippen molar-refractivity contribution in [3.8, 4) is 0 Å². The fourth-order valence-electron chi connectivity index (χ4n) is 2.54. The van der Waals surface area contributed by atoms with Gasteiger partial charge in [0.05, 0.1) is 18.4 Å². The number of rotatable bonds is 6. The van der Waals surface area contributed by atoms with Gasteiger partial charge in [-0.3, -0.25) is 14.2 Å². The van der Waals surface area contributed by atoms with Crippen LogP contribution in [0.3, 0.4) is 0 Å². The van der Waals surface area contributed by atoms with E-state index >= 15 is 0 Å². The Bertz CT molecular complexity index is 833. The second kappa shape index (κ2) is 7.12. The maximum atomic E-state index is 12.1. The predicted molar refractivity (Wildman–Crippen MR) is 92.7 cm³/mol. The molecule has 0 fully saturated rings. The van der Waals surface area contributed by atoms with Crippen molar-refractivity contribution in [2.45, 2.75) is 33.4 Å². The van der Waals surface area contributed by atoms with Gasteiger partial charge in [0, 0.05) is 31.1 Å². The van der Waals surface area contributed by atoms with E-state index in [0.717, 1.165) is 5.69 Å². The lowest BCUT2D eigenvalue weighted by atomic mass is 10.1. The molecule has 0 radical (unpaired) electrons.